The molecule has 1 saturated carbocycles. The fourth-order valence-corrected chi connectivity index (χ4v) is 3.38. The molecule has 1 aliphatic rings. The van der Waals surface area contributed by atoms with Crippen LogP contribution in [0.2, 0.25) is 0 Å². The van der Waals surface area contributed by atoms with E-state index < -0.39 is 0 Å². The zero-order valence-electron chi connectivity index (χ0n) is 11.5. The molecule has 98 valence electrons. The average Bonchev–Trinajstić information content (AvgIpc) is 2.44. The number of hydrogen-bond acceptors (Lipinski definition) is 1. The van der Waals surface area contributed by atoms with Gasteiger partial charge in [0.2, 0.25) is 0 Å². The van der Waals surface area contributed by atoms with Crippen molar-refractivity contribution in [3.63, 3.8) is 0 Å². The predicted molar refractivity (Wildman–Crippen MR) is 82.0 cm³/mol. The molecule has 2 unspecified atom stereocenters. The highest BCUT2D eigenvalue weighted by Crippen LogP contribution is 2.43. The molecule has 0 aromatic heterocycles. The normalized spacial score (nSPS) is 27.7. The predicted octanol–water partition coefficient (Wildman–Crippen LogP) is 4.37. The summed E-state index contributed by atoms with van der Waals surface area (Å²) in [4.78, 5) is 0. The van der Waals surface area contributed by atoms with Crippen LogP contribution in [-0.4, -0.2) is 0 Å². The fourth-order valence-electron chi connectivity index (χ4n) is 3.38. The van der Waals surface area contributed by atoms with Crippen LogP contribution in [0.3, 0.4) is 0 Å². The van der Waals surface area contributed by atoms with Gasteiger partial charge in [0.15, 0.2) is 0 Å². The summed E-state index contributed by atoms with van der Waals surface area (Å²) >= 11 is 0. The van der Waals surface area contributed by atoms with Gasteiger partial charge in [-0.3, -0.25) is 0 Å². The van der Waals surface area contributed by atoms with E-state index in [-0.39, 0.29) is 5.54 Å². The van der Waals surface area contributed by atoms with E-state index in [0.29, 0.717) is 5.92 Å². The second-order valence-corrected chi connectivity index (χ2v) is 5.82. The molecule has 0 spiro atoms. The van der Waals surface area contributed by atoms with Crippen LogP contribution in [0.25, 0.3) is 10.8 Å². The molecule has 0 saturated heterocycles. The Kier molecular flexibility index (Phi) is 2.94. The molecule has 1 fully saturated rings. The zero-order valence-corrected chi connectivity index (χ0v) is 11.5. The van der Waals surface area contributed by atoms with Gasteiger partial charge in [0.05, 0.1) is 5.54 Å². The second-order valence-electron chi connectivity index (χ2n) is 5.82. The Morgan fingerprint density at radius 2 is 1.89 bits per heavy atom. The van der Waals surface area contributed by atoms with Gasteiger partial charge in [0.1, 0.15) is 0 Å². The molecule has 2 N–H and O–H groups in total. The van der Waals surface area contributed by atoms with Crippen molar-refractivity contribution in [1.29, 1.82) is 0 Å². The lowest BCUT2D eigenvalue weighted by molar-refractivity contribution is 0.342. The summed E-state index contributed by atoms with van der Waals surface area (Å²) in [6.07, 6.45) is 3.40. The Bertz CT molecular complexity index is 623. The Morgan fingerprint density at radius 1 is 1.16 bits per heavy atom. The molecular weight excluding hydrogens is 230 g/mol. The first-order valence-electron chi connectivity index (χ1n) is 7.09. The largest absolute Gasteiger partial charge is 0.318 e. The first kappa shape index (κ1) is 12.4. The van der Waals surface area contributed by atoms with Crippen LogP contribution in [-0.2, 0) is 5.54 Å². The lowest BCUT2D eigenvalue weighted by Gasteiger charge is -2.40. The van der Waals surface area contributed by atoms with Crippen molar-refractivity contribution in [2.75, 3.05) is 0 Å². The second kappa shape index (κ2) is 4.50. The van der Waals surface area contributed by atoms with E-state index in [1.807, 2.05) is 0 Å². The Labute approximate surface area is 115 Å². The molecule has 0 amide bonds. The summed E-state index contributed by atoms with van der Waals surface area (Å²) in [5.74, 6) is 0.512. The molecule has 0 aliphatic heterocycles. The van der Waals surface area contributed by atoms with Crippen molar-refractivity contribution < 1.29 is 0 Å². The van der Waals surface area contributed by atoms with E-state index >= 15 is 0 Å². The van der Waals surface area contributed by atoms with Crippen LogP contribution in [0.4, 0.5) is 0 Å². The maximum absolute atomic E-state index is 6.78. The van der Waals surface area contributed by atoms with Gasteiger partial charge in [-0.1, -0.05) is 68.0 Å². The molecule has 0 radical (unpaired) electrons. The molecule has 2 aromatic rings. The number of benzene rings is 2. The van der Waals surface area contributed by atoms with Crippen LogP contribution >= 0.6 is 0 Å². The van der Waals surface area contributed by atoms with Crippen LogP contribution in [0.1, 0.15) is 31.7 Å². The SMILES string of the molecule is C=C1C(C)CCCC1(N)c1cccc2ccccc12. The minimum absolute atomic E-state index is 0.363. The molecule has 1 aliphatic carbocycles. The highest BCUT2D eigenvalue weighted by molar-refractivity contribution is 5.87. The summed E-state index contributed by atoms with van der Waals surface area (Å²) in [5.41, 5.74) is 8.85. The van der Waals surface area contributed by atoms with E-state index in [9.17, 15) is 0 Å². The molecule has 0 bridgehead atoms. The van der Waals surface area contributed by atoms with E-state index in [2.05, 4.69) is 56.0 Å². The van der Waals surface area contributed by atoms with Gasteiger partial charge in [-0.05, 0) is 35.1 Å². The van der Waals surface area contributed by atoms with Gasteiger partial charge in [-0.25, -0.2) is 0 Å². The molecular formula is C18H21N. The summed E-state index contributed by atoms with van der Waals surface area (Å²) in [6.45, 7) is 6.55. The van der Waals surface area contributed by atoms with Crippen molar-refractivity contribution in [3.8, 4) is 0 Å². The lowest BCUT2D eigenvalue weighted by atomic mass is 9.69. The van der Waals surface area contributed by atoms with Crippen LogP contribution < -0.4 is 5.73 Å². The first-order chi connectivity index (χ1) is 9.13. The van der Waals surface area contributed by atoms with E-state index in [4.69, 9.17) is 5.73 Å². The van der Waals surface area contributed by atoms with Gasteiger partial charge in [0, 0.05) is 0 Å². The molecule has 0 heterocycles. The molecule has 19 heavy (non-hydrogen) atoms. The summed E-state index contributed by atoms with van der Waals surface area (Å²) in [6, 6.07) is 14.9. The number of fused-ring (bicyclic) bond motifs is 1. The molecule has 1 heteroatoms. The maximum atomic E-state index is 6.78. The van der Waals surface area contributed by atoms with Crippen molar-refractivity contribution in [2.45, 2.75) is 31.7 Å². The van der Waals surface area contributed by atoms with Crippen LogP contribution in [0, 0.1) is 5.92 Å². The summed E-state index contributed by atoms with van der Waals surface area (Å²) in [7, 11) is 0. The summed E-state index contributed by atoms with van der Waals surface area (Å²) in [5, 5.41) is 2.53. The molecule has 1 nitrogen and oxygen atoms in total. The van der Waals surface area contributed by atoms with Crippen molar-refractivity contribution in [1.82, 2.24) is 0 Å². The molecule has 2 atom stereocenters. The number of rotatable bonds is 1. The third-order valence-corrected chi connectivity index (χ3v) is 4.65. The highest BCUT2D eigenvalue weighted by atomic mass is 14.8. The van der Waals surface area contributed by atoms with Crippen molar-refractivity contribution in [2.24, 2.45) is 11.7 Å². The standard InChI is InChI=1S/C18H21N/c1-13-7-6-12-18(19,14(13)2)17-11-5-9-15-8-3-4-10-16(15)17/h3-5,8-11,13H,2,6-7,12,19H2,1H3. The van der Waals surface area contributed by atoms with E-state index in [1.165, 1.54) is 34.8 Å². The third kappa shape index (κ3) is 1.89. The Morgan fingerprint density at radius 3 is 2.74 bits per heavy atom. The highest BCUT2D eigenvalue weighted by Gasteiger charge is 2.37. The number of nitrogens with two attached hydrogens (primary N) is 1. The van der Waals surface area contributed by atoms with E-state index in [0.717, 1.165) is 6.42 Å². The number of hydrogen-bond donors (Lipinski definition) is 1. The van der Waals surface area contributed by atoms with Gasteiger partial charge in [-0.15, -0.1) is 0 Å². The van der Waals surface area contributed by atoms with Gasteiger partial charge in [-0.2, -0.15) is 0 Å². The smallest absolute Gasteiger partial charge is 0.0631 e. The summed E-state index contributed by atoms with van der Waals surface area (Å²) < 4.78 is 0. The quantitative estimate of drug-likeness (QED) is 0.748. The minimum atomic E-state index is -0.363. The van der Waals surface area contributed by atoms with Gasteiger partial charge >= 0.3 is 0 Å². The Hall–Kier alpha value is -1.60. The zero-order chi connectivity index (χ0) is 13.5. The van der Waals surface area contributed by atoms with Crippen molar-refractivity contribution >= 4 is 10.8 Å². The monoisotopic (exact) mass is 251 g/mol. The van der Waals surface area contributed by atoms with Crippen molar-refractivity contribution in [3.05, 3.63) is 60.2 Å². The maximum Gasteiger partial charge on any atom is 0.0631 e. The fraction of sp³-hybridized carbons (Fsp3) is 0.333. The minimum Gasteiger partial charge on any atom is -0.318 e. The third-order valence-electron chi connectivity index (χ3n) is 4.65. The lowest BCUT2D eigenvalue weighted by Crippen LogP contribution is -2.43. The molecule has 2 aromatic carbocycles. The van der Waals surface area contributed by atoms with Crippen LogP contribution in [0.5, 0.6) is 0 Å². The average molecular weight is 251 g/mol. The molecule has 3 rings (SSSR count). The van der Waals surface area contributed by atoms with Gasteiger partial charge < -0.3 is 5.73 Å². The van der Waals surface area contributed by atoms with E-state index in [1.54, 1.807) is 0 Å². The van der Waals surface area contributed by atoms with Gasteiger partial charge in [0.25, 0.3) is 0 Å². The topological polar surface area (TPSA) is 26.0 Å². The first-order valence-corrected chi connectivity index (χ1v) is 7.09. The Balaban J connectivity index is 2.20. The van der Waals surface area contributed by atoms with Crippen LogP contribution in [0.15, 0.2) is 54.6 Å².